The number of hydrogen-bond acceptors (Lipinski definition) is 2. The van der Waals surface area contributed by atoms with Gasteiger partial charge in [0.1, 0.15) is 17.3 Å². The maximum Gasteiger partial charge on any atom is 0.416 e. The van der Waals surface area contributed by atoms with Crippen LogP contribution in [0.1, 0.15) is 15.9 Å². The number of alkyl halides is 3. The van der Waals surface area contributed by atoms with Crippen LogP contribution in [0.25, 0.3) is 11.1 Å². The Morgan fingerprint density at radius 3 is 2.19 bits per heavy atom. The number of rotatable bonds is 4. The molecular weight excluding hydrogens is 362 g/mol. The van der Waals surface area contributed by atoms with Gasteiger partial charge in [0.25, 0.3) is 5.91 Å². The van der Waals surface area contributed by atoms with Crippen LogP contribution in [-0.4, -0.2) is 5.91 Å². The molecule has 0 saturated carbocycles. The van der Waals surface area contributed by atoms with Crippen molar-refractivity contribution in [3.05, 3.63) is 83.7 Å². The third kappa shape index (κ3) is 4.25. The summed E-state index contributed by atoms with van der Waals surface area (Å²) in [7, 11) is 0. The summed E-state index contributed by atoms with van der Waals surface area (Å²) >= 11 is 0. The molecule has 0 aromatic heterocycles. The predicted octanol–water partition coefficient (Wildman–Crippen LogP) is 5.40. The number of carbonyl (C=O) groups is 1. The van der Waals surface area contributed by atoms with Crippen molar-refractivity contribution in [1.82, 2.24) is 0 Å². The molecule has 0 fully saturated rings. The second-order valence-corrected chi connectivity index (χ2v) is 5.71. The third-order valence-electron chi connectivity index (χ3n) is 3.81. The number of halogens is 4. The molecule has 0 bridgehead atoms. The fraction of sp³-hybridized carbons (Fsp3) is 0.0500. The van der Waals surface area contributed by atoms with Crippen molar-refractivity contribution in [2.75, 3.05) is 0 Å². The van der Waals surface area contributed by atoms with Crippen molar-refractivity contribution in [1.29, 1.82) is 0 Å². The van der Waals surface area contributed by atoms with Crippen molar-refractivity contribution in [3.63, 3.8) is 0 Å². The molecule has 3 aromatic carbocycles. The third-order valence-corrected chi connectivity index (χ3v) is 3.81. The second kappa shape index (κ2) is 7.11. The Kier molecular flexibility index (Phi) is 4.85. The first-order valence-corrected chi connectivity index (χ1v) is 7.79. The highest BCUT2D eigenvalue weighted by atomic mass is 19.4. The van der Waals surface area contributed by atoms with Gasteiger partial charge in [0.05, 0.1) is 11.1 Å². The number of amides is 1. The van der Waals surface area contributed by atoms with Gasteiger partial charge < -0.3 is 10.5 Å². The smallest absolute Gasteiger partial charge is 0.416 e. The van der Waals surface area contributed by atoms with Gasteiger partial charge in [-0.2, -0.15) is 13.2 Å². The van der Waals surface area contributed by atoms with Crippen molar-refractivity contribution < 1.29 is 27.1 Å². The summed E-state index contributed by atoms with van der Waals surface area (Å²) in [5, 5.41) is 0. The topological polar surface area (TPSA) is 52.3 Å². The first-order chi connectivity index (χ1) is 12.7. The van der Waals surface area contributed by atoms with E-state index in [1.807, 2.05) is 0 Å². The van der Waals surface area contributed by atoms with Crippen LogP contribution >= 0.6 is 0 Å². The molecule has 0 heterocycles. The lowest BCUT2D eigenvalue weighted by Crippen LogP contribution is -2.12. The van der Waals surface area contributed by atoms with Gasteiger partial charge in [-0.3, -0.25) is 4.79 Å². The van der Waals surface area contributed by atoms with E-state index in [0.717, 1.165) is 12.1 Å². The zero-order valence-electron chi connectivity index (χ0n) is 13.8. The lowest BCUT2D eigenvalue weighted by molar-refractivity contribution is -0.137. The summed E-state index contributed by atoms with van der Waals surface area (Å²) in [4.78, 5) is 11.8. The molecule has 0 aliphatic carbocycles. The number of ether oxygens (including phenoxy) is 1. The monoisotopic (exact) mass is 375 g/mol. The summed E-state index contributed by atoms with van der Waals surface area (Å²) < 4.78 is 57.2. The Morgan fingerprint density at radius 1 is 0.889 bits per heavy atom. The normalized spacial score (nSPS) is 11.3. The van der Waals surface area contributed by atoms with Gasteiger partial charge in [-0.1, -0.05) is 18.2 Å². The summed E-state index contributed by atoms with van der Waals surface area (Å²) in [5.41, 5.74) is 5.23. The second-order valence-electron chi connectivity index (χ2n) is 5.71. The molecule has 1 amide bonds. The average molecular weight is 375 g/mol. The quantitative estimate of drug-likeness (QED) is 0.621. The van der Waals surface area contributed by atoms with Gasteiger partial charge in [-0.05, 0) is 59.7 Å². The maximum absolute atomic E-state index is 13.0. The van der Waals surface area contributed by atoms with E-state index in [1.165, 1.54) is 54.6 Å². The van der Waals surface area contributed by atoms with Crippen LogP contribution in [0.3, 0.4) is 0 Å². The molecule has 2 N–H and O–H groups in total. The van der Waals surface area contributed by atoms with Gasteiger partial charge in [0.2, 0.25) is 0 Å². The maximum atomic E-state index is 13.0. The van der Waals surface area contributed by atoms with Crippen molar-refractivity contribution in [2.24, 2.45) is 5.73 Å². The van der Waals surface area contributed by atoms with E-state index in [9.17, 15) is 22.4 Å². The van der Waals surface area contributed by atoms with Crippen molar-refractivity contribution >= 4 is 5.91 Å². The molecule has 0 atom stereocenters. The van der Waals surface area contributed by atoms with Gasteiger partial charge in [-0.15, -0.1) is 0 Å². The van der Waals surface area contributed by atoms with E-state index in [1.54, 1.807) is 0 Å². The highest BCUT2D eigenvalue weighted by Gasteiger charge is 2.30. The van der Waals surface area contributed by atoms with E-state index in [-0.39, 0.29) is 22.6 Å². The van der Waals surface area contributed by atoms with Crippen molar-refractivity contribution in [3.8, 4) is 22.6 Å². The number of primary amides is 1. The van der Waals surface area contributed by atoms with Crippen LogP contribution in [0, 0.1) is 5.82 Å². The Balaban J connectivity index is 1.99. The zero-order valence-corrected chi connectivity index (χ0v) is 13.8. The Morgan fingerprint density at radius 2 is 1.56 bits per heavy atom. The molecule has 0 aliphatic rings. The minimum atomic E-state index is -4.48. The minimum Gasteiger partial charge on any atom is -0.457 e. The lowest BCUT2D eigenvalue weighted by Gasteiger charge is -2.12. The Bertz CT molecular complexity index is 982. The fourth-order valence-electron chi connectivity index (χ4n) is 2.50. The standard InChI is InChI=1S/C20H13F4NO2/c21-15-5-7-16(8-6-15)27-18-9-4-13(11-17(18)19(25)26)12-2-1-3-14(10-12)20(22,23)24/h1-11H,(H2,25,26). The predicted molar refractivity (Wildman–Crippen MR) is 91.9 cm³/mol. The fourth-order valence-corrected chi connectivity index (χ4v) is 2.50. The number of hydrogen-bond donors (Lipinski definition) is 1. The first kappa shape index (κ1) is 18.4. The summed E-state index contributed by atoms with van der Waals surface area (Å²) in [6.07, 6.45) is -4.48. The number of benzene rings is 3. The van der Waals surface area contributed by atoms with Crippen LogP contribution < -0.4 is 10.5 Å². The van der Waals surface area contributed by atoms with Gasteiger partial charge in [0, 0.05) is 0 Å². The van der Waals surface area contributed by atoms with Crippen molar-refractivity contribution in [2.45, 2.75) is 6.18 Å². The zero-order chi connectivity index (χ0) is 19.6. The van der Waals surface area contributed by atoms with Gasteiger partial charge in [-0.25, -0.2) is 4.39 Å². The van der Waals surface area contributed by atoms with Crippen LogP contribution in [0.2, 0.25) is 0 Å². The van der Waals surface area contributed by atoms with E-state index in [2.05, 4.69) is 0 Å². The molecule has 0 spiro atoms. The molecule has 3 aromatic rings. The van der Waals surface area contributed by atoms with Crippen LogP contribution in [0.5, 0.6) is 11.5 Å². The van der Waals surface area contributed by atoms with E-state index >= 15 is 0 Å². The Hall–Kier alpha value is -3.35. The van der Waals surface area contributed by atoms with E-state index in [4.69, 9.17) is 10.5 Å². The molecule has 3 nitrogen and oxygen atoms in total. The largest absolute Gasteiger partial charge is 0.457 e. The van der Waals surface area contributed by atoms with Crippen LogP contribution in [0.15, 0.2) is 66.7 Å². The van der Waals surface area contributed by atoms with Gasteiger partial charge >= 0.3 is 6.18 Å². The SMILES string of the molecule is NC(=O)c1cc(-c2cccc(C(F)(F)F)c2)ccc1Oc1ccc(F)cc1. The minimum absolute atomic E-state index is 0.00534. The molecule has 0 saturated heterocycles. The molecular formula is C20H13F4NO2. The highest BCUT2D eigenvalue weighted by molar-refractivity contribution is 5.97. The van der Waals surface area contributed by atoms with Crippen LogP contribution in [-0.2, 0) is 6.18 Å². The summed E-state index contributed by atoms with van der Waals surface area (Å²) in [6, 6.07) is 14.2. The lowest BCUT2D eigenvalue weighted by atomic mass is 10.00. The molecule has 138 valence electrons. The first-order valence-electron chi connectivity index (χ1n) is 7.79. The number of nitrogens with two attached hydrogens (primary N) is 1. The van der Waals surface area contributed by atoms with Gasteiger partial charge in [0.15, 0.2) is 0 Å². The summed E-state index contributed by atoms with van der Waals surface area (Å²) in [6.45, 7) is 0. The molecule has 0 aliphatic heterocycles. The molecule has 3 rings (SSSR count). The number of carbonyl (C=O) groups excluding carboxylic acids is 1. The molecule has 7 heteroatoms. The van der Waals surface area contributed by atoms with Crippen LogP contribution in [0.4, 0.5) is 17.6 Å². The highest BCUT2D eigenvalue weighted by Crippen LogP contribution is 2.34. The summed E-state index contributed by atoms with van der Waals surface area (Å²) in [5.74, 6) is -0.853. The van der Waals surface area contributed by atoms with E-state index in [0.29, 0.717) is 5.56 Å². The molecule has 27 heavy (non-hydrogen) atoms. The molecule has 0 unspecified atom stereocenters. The molecule has 0 radical (unpaired) electrons. The van der Waals surface area contributed by atoms with E-state index < -0.39 is 23.5 Å². The average Bonchev–Trinajstić information content (AvgIpc) is 2.63. The Labute approximate surface area is 152 Å².